The molecule has 0 atom stereocenters. The van der Waals surface area contributed by atoms with Gasteiger partial charge in [0.1, 0.15) is 0 Å². The first-order chi connectivity index (χ1) is 3.50. The molecule has 4 nitrogen and oxygen atoms in total. The number of hydrogen-bond acceptors (Lipinski definition) is 4. The Morgan fingerprint density at radius 2 is 2.29 bits per heavy atom. The Kier molecular flexibility index (Phi) is 1.52. The van der Waals surface area contributed by atoms with Gasteiger partial charge < -0.3 is 0 Å². The van der Waals surface area contributed by atoms with E-state index in [9.17, 15) is 0 Å². The molecular weight excluding hydrogens is 92.1 g/mol. The van der Waals surface area contributed by atoms with E-state index in [4.69, 9.17) is 0 Å². The van der Waals surface area contributed by atoms with Crippen LogP contribution in [0.3, 0.4) is 0 Å². The second kappa shape index (κ2) is 2.42. The highest BCUT2D eigenvalue weighted by Gasteiger charge is 1.79. The summed E-state index contributed by atoms with van der Waals surface area (Å²) in [7, 11) is 0. The molecule has 4 heteroatoms. The molecule has 0 aromatic rings. The SMILES string of the molecule is C1#CNNNNC1. The minimum atomic E-state index is 0.653. The van der Waals surface area contributed by atoms with Crippen LogP contribution in [0.4, 0.5) is 0 Å². The molecule has 0 amide bonds. The summed E-state index contributed by atoms with van der Waals surface area (Å²) in [4.78, 5) is 0. The van der Waals surface area contributed by atoms with Crippen LogP contribution in [0.5, 0.6) is 0 Å². The van der Waals surface area contributed by atoms with Crippen molar-refractivity contribution in [2.45, 2.75) is 0 Å². The summed E-state index contributed by atoms with van der Waals surface area (Å²) < 4.78 is 0. The third-order valence-electron chi connectivity index (χ3n) is 0.541. The van der Waals surface area contributed by atoms with Crippen LogP contribution in [-0.4, -0.2) is 6.54 Å². The number of hydrazine groups is 3. The average Bonchev–Trinajstić information content (AvgIpc) is 1.90. The quantitative estimate of drug-likeness (QED) is 0.266. The van der Waals surface area contributed by atoms with E-state index >= 15 is 0 Å². The fraction of sp³-hybridized carbons (Fsp3) is 0.333. The summed E-state index contributed by atoms with van der Waals surface area (Å²) in [5.74, 6) is 2.75. The van der Waals surface area contributed by atoms with Crippen molar-refractivity contribution in [2.24, 2.45) is 0 Å². The molecule has 4 N–H and O–H groups in total. The zero-order chi connectivity index (χ0) is 4.95. The lowest BCUT2D eigenvalue weighted by Gasteiger charge is -1.98. The fourth-order valence-electron chi connectivity index (χ4n) is 0.283. The van der Waals surface area contributed by atoms with Crippen molar-refractivity contribution in [3.8, 4) is 12.0 Å². The standard InChI is InChI=1S/C3H6N4/c1-2-4-6-7-5-3-1/h4-7H,2H2. The Bertz CT molecular complexity index is 89.2. The van der Waals surface area contributed by atoms with Crippen LogP contribution in [0, 0.1) is 12.0 Å². The lowest BCUT2D eigenvalue weighted by atomic mass is 10.7. The van der Waals surface area contributed by atoms with E-state index in [2.05, 4.69) is 33.9 Å². The van der Waals surface area contributed by atoms with Gasteiger partial charge in [0.15, 0.2) is 0 Å². The third kappa shape index (κ3) is 1.41. The maximum absolute atomic E-state index is 2.75. The first-order valence-corrected chi connectivity index (χ1v) is 1.96. The first kappa shape index (κ1) is 4.40. The minimum Gasteiger partial charge on any atom is -0.266 e. The van der Waals surface area contributed by atoms with Crippen molar-refractivity contribution in [2.75, 3.05) is 6.54 Å². The summed E-state index contributed by atoms with van der Waals surface area (Å²) in [6.07, 6.45) is 0. The largest absolute Gasteiger partial charge is 0.266 e. The Morgan fingerprint density at radius 3 is 3.29 bits per heavy atom. The highest BCUT2D eigenvalue weighted by molar-refractivity contribution is 4.97. The molecular formula is C3H6N4. The maximum Gasteiger partial charge on any atom is 0.0744 e. The molecule has 7 heavy (non-hydrogen) atoms. The zero-order valence-corrected chi connectivity index (χ0v) is 3.71. The summed E-state index contributed by atoms with van der Waals surface area (Å²) in [5, 5.41) is 0. The van der Waals surface area contributed by atoms with Gasteiger partial charge in [0.25, 0.3) is 0 Å². The molecule has 0 unspecified atom stereocenters. The molecule has 0 saturated carbocycles. The predicted molar refractivity (Wildman–Crippen MR) is 25.2 cm³/mol. The lowest BCUT2D eigenvalue weighted by Crippen LogP contribution is -2.47. The molecule has 0 radical (unpaired) electrons. The molecule has 0 saturated heterocycles. The van der Waals surface area contributed by atoms with Crippen LogP contribution in [0.1, 0.15) is 0 Å². The van der Waals surface area contributed by atoms with Crippen molar-refractivity contribution in [1.29, 1.82) is 0 Å². The average molecular weight is 98.1 g/mol. The summed E-state index contributed by atoms with van der Waals surface area (Å²) in [6.45, 7) is 0.653. The Labute approximate surface area is 41.6 Å². The molecule has 1 heterocycles. The number of rotatable bonds is 0. The van der Waals surface area contributed by atoms with E-state index in [-0.39, 0.29) is 0 Å². The van der Waals surface area contributed by atoms with Crippen LogP contribution in [0.2, 0.25) is 0 Å². The molecule has 1 rings (SSSR count). The molecule has 0 fully saturated rings. The predicted octanol–water partition coefficient (Wildman–Crippen LogP) is -1.94. The van der Waals surface area contributed by atoms with Crippen LogP contribution in [0.25, 0.3) is 0 Å². The van der Waals surface area contributed by atoms with Gasteiger partial charge >= 0.3 is 0 Å². The second-order valence-corrected chi connectivity index (χ2v) is 1.03. The third-order valence-corrected chi connectivity index (χ3v) is 0.541. The van der Waals surface area contributed by atoms with Crippen LogP contribution in [-0.2, 0) is 0 Å². The van der Waals surface area contributed by atoms with E-state index in [1.165, 1.54) is 0 Å². The van der Waals surface area contributed by atoms with Gasteiger partial charge in [0.05, 0.1) is 6.54 Å². The highest BCUT2D eigenvalue weighted by atomic mass is 15.7. The van der Waals surface area contributed by atoms with Gasteiger partial charge in [-0.2, -0.15) is 11.1 Å². The van der Waals surface area contributed by atoms with Gasteiger partial charge in [0.2, 0.25) is 0 Å². The number of hydrogen-bond donors (Lipinski definition) is 4. The van der Waals surface area contributed by atoms with Crippen LogP contribution in [0.15, 0.2) is 0 Å². The second-order valence-electron chi connectivity index (χ2n) is 1.03. The van der Waals surface area contributed by atoms with Crippen molar-refractivity contribution >= 4 is 0 Å². The van der Waals surface area contributed by atoms with Gasteiger partial charge in [-0.25, -0.2) is 5.43 Å². The summed E-state index contributed by atoms with van der Waals surface area (Å²) in [6, 6.07) is 2.61. The molecule has 0 bridgehead atoms. The van der Waals surface area contributed by atoms with E-state index in [0.29, 0.717) is 6.54 Å². The maximum atomic E-state index is 2.75. The van der Waals surface area contributed by atoms with Gasteiger partial charge in [-0.05, 0) is 0 Å². The number of nitrogens with one attached hydrogen (secondary N) is 4. The molecule has 1 aliphatic heterocycles. The van der Waals surface area contributed by atoms with Crippen molar-refractivity contribution in [1.82, 2.24) is 21.9 Å². The Hall–Kier alpha value is -0.760. The van der Waals surface area contributed by atoms with Gasteiger partial charge in [-0.15, -0.1) is 0 Å². The van der Waals surface area contributed by atoms with Crippen LogP contribution < -0.4 is 21.9 Å². The fourth-order valence-corrected chi connectivity index (χ4v) is 0.283. The van der Waals surface area contributed by atoms with Crippen molar-refractivity contribution in [3.63, 3.8) is 0 Å². The summed E-state index contributed by atoms with van der Waals surface area (Å²) in [5.41, 5.74) is 10.5. The van der Waals surface area contributed by atoms with Crippen molar-refractivity contribution < 1.29 is 0 Å². The highest BCUT2D eigenvalue weighted by Crippen LogP contribution is 1.49. The smallest absolute Gasteiger partial charge is 0.0744 e. The van der Waals surface area contributed by atoms with Crippen LogP contribution >= 0.6 is 0 Å². The molecule has 0 aliphatic carbocycles. The van der Waals surface area contributed by atoms with Gasteiger partial charge in [0, 0.05) is 6.04 Å². The molecule has 0 spiro atoms. The van der Waals surface area contributed by atoms with Gasteiger partial charge in [-0.1, -0.05) is 5.92 Å². The lowest BCUT2D eigenvalue weighted by molar-refractivity contribution is 0.436. The van der Waals surface area contributed by atoms with Crippen molar-refractivity contribution in [3.05, 3.63) is 0 Å². The minimum absolute atomic E-state index is 0.653. The zero-order valence-electron chi connectivity index (χ0n) is 3.71. The Morgan fingerprint density at radius 1 is 1.29 bits per heavy atom. The van der Waals surface area contributed by atoms with E-state index in [1.54, 1.807) is 0 Å². The normalized spacial score (nSPS) is 18.3. The van der Waals surface area contributed by atoms with E-state index < -0.39 is 0 Å². The first-order valence-electron chi connectivity index (χ1n) is 1.96. The molecule has 38 valence electrons. The van der Waals surface area contributed by atoms with E-state index in [0.717, 1.165) is 0 Å². The molecule has 0 aromatic heterocycles. The molecule has 1 aliphatic rings. The van der Waals surface area contributed by atoms with E-state index in [1.807, 2.05) is 0 Å². The monoisotopic (exact) mass is 98.1 g/mol. The van der Waals surface area contributed by atoms with Gasteiger partial charge in [-0.3, -0.25) is 5.43 Å². The Balaban J connectivity index is 2.26. The molecule has 0 aromatic carbocycles. The topological polar surface area (TPSA) is 48.1 Å². The summed E-state index contributed by atoms with van der Waals surface area (Å²) >= 11 is 0.